The summed E-state index contributed by atoms with van der Waals surface area (Å²) in [5, 5.41) is 3.77. The number of ether oxygens (including phenoxy) is 2. The highest BCUT2D eigenvalue weighted by Crippen LogP contribution is 2.47. The minimum atomic E-state index is -0.512. The summed E-state index contributed by atoms with van der Waals surface area (Å²) in [7, 11) is 1.63. The number of hydrogen-bond donors (Lipinski definition) is 1. The molecule has 4 nitrogen and oxygen atoms in total. The van der Waals surface area contributed by atoms with E-state index in [1.54, 1.807) is 14.0 Å². The van der Waals surface area contributed by atoms with Crippen LogP contribution in [0.2, 0.25) is 5.02 Å². The molecular formula is C21H24ClNO3. The van der Waals surface area contributed by atoms with Crippen LogP contribution in [0, 0.1) is 0 Å². The summed E-state index contributed by atoms with van der Waals surface area (Å²) < 4.78 is 10.9. The van der Waals surface area contributed by atoms with E-state index in [-0.39, 0.29) is 11.3 Å². The second-order valence-electron chi connectivity index (χ2n) is 6.81. The normalized spacial score (nSPS) is 16.0. The molecule has 0 bridgehead atoms. The Morgan fingerprint density at radius 2 is 1.96 bits per heavy atom. The molecule has 5 heteroatoms. The number of benzene rings is 2. The van der Waals surface area contributed by atoms with Crippen molar-refractivity contribution in [2.75, 3.05) is 13.7 Å². The summed E-state index contributed by atoms with van der Waals surface area (Å²) in [5.74, 6) is 0.690. The predicted octanol–water partition coefficient (Wildman–Crippen LogP) is 4.10. The molecule has 1 unspecified atom stereocenters. The standard InChI is InChI=1S/C21H24ClNO3/c1-15(26-13-16-4-3-5-19(12-16)25-2)20(24)23-14-21(10-11-21)17-6-8-18(22)9-7-17/h3-9,12,15H,10-11,13-14H2,1-2H3,(H,23,24). The van der Waals surface area contributed by atoms with Crippen LogP contribution in [-0.2, 0) is 21.6 Å². The van der Waals surface area contributed by atoms with Crippen molar-refractivity contribution in [3.63, 3.8) is 0 Å². The zero-order valence-corrected chi connectivity index (χ0v) is 15.9. The number of nitrogens with one attached hydrogen (secondary N) is 1. The van der Waals surface area contributed by atoms with Crippen LogP contribution in [0.1, 0.15) is 30.9 Å². The van der Waals surface area contributed by atoms with E-state index in [1.165, 1.54) is 5.56 Å². The topological polar surface area (TPSA) is 47.6 Å². The minimum Gasteiger partial charge on any atom is -0.497 e. The predicted molar refractivity (Wildman–Crippen MR) is 103 cm³/mol. The Kier molecular flexibility index (Phi) is 5.84. The van der Waals surface area contributed by atoms with Crippen LogP contribution < -0.4 is 10.1 Å². The maximum Gasteiger partial charge on any atom is 0.248 e. The van der Waals surface area contributed by atoms with Gasteiger partial charge in [0.15, 0.2) is 0 Å². The molecule has 138 valence electrons. The Labute approximate surface area is 159 Å². The first-order valence-corrected chi connectivity index (χ1v) is 9.18. The second kappa shape index (κ2) is 8.11. The van der Waals surface area contributed by atoms with Gasteiger partial charge in [-0.05, 0) is 55.2 Å². The largest absolute Gasteiger partial charge is 0.497 e. The van der Waals surface area contributed by atoms with Crippen molar-refractivity contribution in [2.24, 2.45) is 0 Å². The molecule has 0 saturated heterocycles. The number of carbonyl (C=O) groups excluding carboxylic acids is 1. The zero-order valence-electron chi connectivity index (χ0n) is 15.1. The average molecular weight is 374 g/mol. The summed E-state index contributed by atoms with van der Waals surface area (Å²) in [6.07, 6.45) is 1.64. The number of carbonyl (C=O) groups is 1. The summed E-state index contributed by atoms with van der Waals surface area (Å²) in [5.41, 5.74) is 2.25. The molecule has 1 N–H and O–H groups in total. The fourth-order valence-electron chi connectivity index (χ4n) is 2.98. The molecule has 0 aromatic heterocycles. The van der Waals surface area contributed by atoms with Crippen LogP contribution in [0.4, 0.5) is 0 Å². The van der Waals surface area contributed by atoms with E-state index in [0.717, 1.165) is 29.2 Å². The van der Waals surface area contributed by atoms with Crippen LogP contribution in [0.25, 0.3) is 0 Å². The van der Waals surface area contributed by atoms with Gasteiger partial charge in [-0.2, -0.15) is 0 Å². The van der Waals surface area contributed by atoms with Crippen molar-refractivity contribution >= 4 is 17.5 Å². The lowest BCUT2D eigenvalue weighted by molar-refractivity contribution is -0.132. The van der Waals surface area contributed by atoms with E-state index < -0.39 is 6.10 Å². The quantitative estimate of drug-likeness (QED) is 0.757. The second-order valence-corrected chi connectivity index (χ2v) is 7.25. The lowest BCUT2D eigenvalue weighted by Gasteiger charge is -2.19. The summed E-state index contributed by atoms with van der Waals surface area (Å²) in [4.78, 5) is 12.4. The molecule has 1 aliphatic carbocycles. The molecule has 0 spiro atoms. The maximum atomic E-state index is 12.4. The zero-order chi connectivity index (χ0) is 18.6. The lowest BCUT2D eigenvalue weighted by Crippen LogP contribution is -2.39. The molecule has 0 aliphatic heterocycles. The first-order chi connectivity index (χ1) is 12.5. The Hall–Kier alpha value is -2.04. The number of methoxy groups -OCH3 is 1. The summed E-state index contributed by atoms with van der Waals surface area (Å²) in [6.45, 7) is 2.77. The molecule has 0 heterocycles. The van der Waals surface area contributed by atoms with Gasteiger partial charge in [0.05, 0.1) is 13.7 Å². The van der Waals surface area contributed by atoms with Gasteiger partial charge in [0.25, 0.3) is 0 Å². The third-order valence-corrected chi connectivity index (χ3v) is 5.17. The molecule has 2 aromatic carbocycles. The van der Waals surface area contributed by atoms with Crippen molar-refractivity contribution in [3.05, 3.63) is 64.7 Å². The highest BCUT2D eigenvalue weighted by molar-refractivity contribution is 6.30. The number of halogens is 1. The van der Waals surface area contributed by atoms with Crippen LogP contribution in [-0.4, -0.2) is 25.7 Å². The Morgan fingerprint density at radius 1 is 1.23 bits per heavy atom. The fourth-order valence-corrected chi connectivity index (χ4v) is 3.11. The van der Waals surface area contributed by atoms with Gasteiger partial charge in [-0.25, -0.2) is 0 Å². The Morgan fingerprint density at radius 3 is 2.62 bits per heavy atom. The summed E-state index contributed by atoms with van der Waals surface area (Å²) in [6, 6.07) is 15.5. The van der Waals surface area contributed by atoms with Crippen molar-refractivity contribution in [2.45, 2.75) is 37.9 Å². The molecular weight excluding hydrogens is 350 g/mol. The SMILES string of the molecule is COc1cccc(COC(C)C(=O)NCC2(c3ccc(Cl)cc3)CC2)c1. The highest BCUT2D eigenvalue weighted by atomic mass is 35.5. The lowest BCUT2D eigenvalue weighted by atomic mass is 9.96. The highest BCUT2D eigenvalue weighted by Gasteiger charge is 2.44. The monoisotopic (exact) mass is 373 g/mol. The van der Waals surface area contributed by atoms with Gasteiger partial charge in [0, 0.05) is 17.0 Å². The number of hydrogen-bond acceptors (Lipinski definition) is 3. The maximum absolute atomic E-state index is 12.4. The van der Waals surface area contributed by atoms with Crippen LogP contribution in [0.5, 0.6) is 5.75 Å². The van der Waals surface area contributed by atoms with Crippen molar-refractivity contribution in [3.8, 4) is 5.75 Å². The van der Waals surface area contributed by atoms with Crippen molar-refractivity contribution in [1.29, 1.82) is 0 Å². The van der Waals surface area contributed by atoms with Gasteiger partial charge in [0.2, 0.25) is 5.91 Å². The fraction of sp³-hybridized carbons (Fsp3) is 0.381. The first kappa shape index (κ1) is 18.7. The average Bonchev–Trinajstić information content (AvgIpc) is 3.46. The Bertz CT molecular complexity index is 756. The number of amides is 1. The summed E-state index contributed by atoms with van der Waals surface area (Å²) >= 11 is 5.96. The van der Waals surface area contributed by atoms with Gasteiger partial charge in [-0.3, -0.25) is 4.79 Å². The van der Waals surface area contributed by atoms with Gasteiger partial charge in [-0.15, -0.1) is 0 Å². The van der Waals surface area contributed by atoms with E-state index >= 15 is 0 Å². The molecule has 1 atom stereocenters. The molecule has 1 fully saturated rings. The molecule has 1 saturated carbocycles. The molecule has 0 radical (unpaired) electrons. The van der Waals surface area contributed by atoms with E-state index in [1.807, 2.05) is 48.5 Å². The van der Waals surface area contributed by atoms with E-state index in [4.69, 9.17) is 21.1 Å². The van der Waals surface area contributed by atoms with Crippen LogP contribution in [0.15, 0.2) is 48.5 Å². The van der Waals surface area contributed by atoms with Crippen molar-refractivity contribution in [1.82, 2.24) is 5.32 Å². The molecule has 3 rings (SSSR count). The Balaban J connectivity index is 1.49. The molecule has 1 amide bonds. The van der Waals surface area contributed by atoms with E-state index in [2.05, 4.69) is 5.32 Å². The molecule has 2 aromatic rings. The smallest absolute Gasteiger partial charge is 0.248 e. The van der Waals surface area contributed by atoms with E-state index in [0.29, 0.717) is 13.2 Å². The van der Waals surface area contributed by atoms with Crippen molar-refractivity contribution < 1.29 is 14.3 Å². The molecule has 1 aliphatic rings. The molecule has 26 heavy (non-hydrogen) atoms. The van der Waals surface area contributed by atoms with Crippen LogP contribution in [0.3, 0.4) is 0 Å². The van der Waals surface area contributed by atoms with Gasteiger partial charge in [-0.1, -0.05) is 35.9 Å². The van der Waals surface area contributed by atoms with Gasteiger partial charge >= 0.3 is 0 Å². The number of rotatable bonds is 8. The van der Waals surface area contributed by atoms with Crippen LogP contribution >= 0.6 is 11.6 Å². The first-order valence-electron chi connectivity index (χ1n) is 8.81. The third-order valence-electron chi connectivity index (χ3n) is 4.91. The van der Waals surface area contributed by atoms with E-state index in [9.17, 15) is 4.79 Å². The third kappa shape index (κ3) is 4.57. The van der Waals surface area contributed by atoms with Gasteiger partial charge in [0.1, 0.15) is 11.9 Å². The van der Waals surface area contributed by atoms with Gasteiger partial charge < -0.3 is 14.8 Å². The minimum absolute atomic E-state index is 0.0484.